The molecule has 0 radical (unpaired) electrons. The average molecular weight is 311 g/mol. The van der Waals surface area contributed by atoms with Gasteiger partial charge in [0.05, 0.1) is 16.8 Å². The van der Waals surface area contributed by atoms with Crippen LogP contribution in [0.4, 0.5) is 4.39 Å². The summed E-state index contributed by atoms with van der Waals surface area (Å²) in [5, 5.41) is 4.34. The largest absolute Gasteiger partial charge is 0.272 e. The molecule has 2 aromatic carbocycles. The lowest BCUT2D eigenvalue weighted by Gasteiger charge is -2.02. The molecule has 0 spiro atoms. The van der Waals surface area contributed by atoms with Gasteiger partial charge >= 0.3 is 0 Å². The van der Waals surface area contributed by atoms with Crippen LogP contribution in [-0.4, -0.2) is 12.1 Å². The van der Waals surface area contributed by atoms with Crippen LogP contribution in [0.2, 0.25) is 10.0 Å². The summed E-state index contributed by atoms with van der Waals surface area (Å²) in [5.41, 5.74) is 2.78. The van der Waals surface area contributed by atoms with Gasteiger partial charge in [-0.2, -0.15) is 5.10 Å². The number of carbonyl (C=O) groups excluding carboxylic acids is 1. The standard InChI is InChI=1S/C14H9Cl2FN2O/c15-10-5-6-11(12(16)7-10)14(20)19-18-8-9-3-1-2-4-13(9)17/h1-8H,(H,19,20). The molecule has 0 heterocycles. The zero-order valence-electron chi connectivity index (χ0n) is 10.1. The van der Waals surface area contributed by atoms with Gasteiger partial charge in [0.2, 0.25) is 0 Å². The SMILES string of the molecule is O=C(NN=Cc1ccccc1F)c1ccc(Cl)cc1Cl. The summed E-state index contributed by atoms with van der Waals surface area (Å²) in [7, 11) is 0. The van der Waals surface area contributed by atoms with E-state index >= 15 is 0 Å². The maximum atomic E-state index is 13.3. The van der Waals surface area contributed by atoms with Crippen LogP contribution in [0.5, 0.6) is 0 Å². The van der Waals surface area contributed by atoms with E-state index < -0.39 is 11.7 Å². The van der Waals surface area contributed by atoms with Crippen LogP contribution < -0.4 is 5.43 Å². The van der Waals surface area contributed by atoms with Crippen LogP contribution >= 0.6 is 23.2 Å². The van der Waals surface area contributed by atoms with Gasteiger partial charge in [-0.25, -0.2) is 9.82 Å². The molecule has 6 heteroatoms. The summed E-state index contributed by atoms with van der Waals surface area (Å²) in [6, 6.07) is 10.6. The Balaban J connectivity index is 2.07. The Labute approximate surface area is 125 Å². The number of rotatable bonds is 3. The van der Waals surface area contributed by atoms with Crippen LogP contribution in [0, 0.1) is 5.82 Å². The first-order valence-electron chi connectivity index (χ1n) is 5.61. The fourth-order valence-corrected chi connectivity index (χ4v) is 1.97. The number of halogens is 3. The maximum absolute atomic E-state index is 13.3. The van der Waals surface area contributed by atoms with Crippen LogP contribution in [0.25, 0.3) is 0 Å². The van der Waals surface area contributed by atoms with Gasteiger partial charge in [0.15, 0.2) is 0 Å². The molecule has 20 heavy (non-hydrogen) atoms. The fraction of sp³-hybridized carbons (Fsp3) is 0. The van der Waals surface area contributed by atoms with E-state index in [0.29, 0.717) is 5.02 Å². The van der Waals surface area contributed by atoms with Crippen LogP contribution in [0.3, 0.4) is 0 Å². The van der Waals surface area contributed by atoms with E-state index in [1.165, 1.54) is 24.4 Å². The molecule has 1 amide bonds. The van der Waals surface area contributed by atoms with Crippen LogP contribution in [-0.2, 0) is 0 Å². The molecular formula is C14H9Cl2FN2O. The second kappa shape index (κ2) is 6.50. The highest BCUT2D eigenvalue weighted by Crippen LogP contribution is 2.20. The highest BCUT2D eigenvalue weighted by atomic mass is 35.5. The summed E-state index contributed by atoms with van der Waals surface area (Å²) in [6.07, 6.45) is 1.22. The molecular weight excluding hydrogens is 302 g/mol. The van der Waals surface area contributed by atoms with Gasteiger partial charge in [-0.1, -0.05) is 41.4 Å². The van der Waals surface area contributed by atoms with E-state index in [9.17, 15) is 9.18 Å². The van der Waals surface area contributed by atoms with Crippen LogP contribution in [0.1, 0.15) is 15.9 Å². The number of benzene rings is 2. The Morgan fingerprint density at radius 3 is 2.65 bits per heavy atom. The third-order valence-corrected chi connectivity index (χ3v) is 3.00. The van der Waals surface area contributed by atoms with Crippen molar-refractivity contribution in [2.75, 3.05) is 0 Å². The number of carbonyl (C=O) groups is 1. The molecule has 0 atom stereocenters. The minimum absolute atomic E-state index is 0.219. The predicted octanol–water partition coefficient (Wildman–Crippen LogP) is 3.90. The number of hydrogen-bond acceptors (Lipinski definition) is 2. The van der Waals surface area contributed by atoms with Gasteiger partial charge in [0, 0.05) is 10.6 Å². The molecule has 0 aromatic heterocycles. The van der Waals surface area contributed by atoms with Gasteiger partial charge < -0.3 is 0 Å². The van der Waals surface area contributed by atoms with Crippen molar-refractivity contribution in [1.82, 2.24) is 5.43 Å². The molecule has 0 aliphatic carbocycles. The van der Waals surface area contributed by atoms with Crippen molar-refractivity contribution < 1.29 is 9.18 Å². The molecule has 0 unspecified atom stereocenters. The van der Waals surface area contributed by atoms with Gasteiger partial charge in [0.1, 0.15) is 5.82 Å². The molecule has 3 nitrogen and oxygen atoms in total. The van der Waals surface area contributed by atoms with E-state index in [2.05, 4.69) is 10.5 Å². The van der Waals surface area contributed by atoms with E-state index in [4.69, 9.17) is 23.2 Å². The zero-order chi connectivity index (χ0) is 14.5. The number of hydrazone groups is 1. The Kier molecular flexibility index (Phi) is 4.71. The second-order valence-corrected chi connectivity index (χ2v) is 4.69. The highest BCUT2D eigenvalue weighted by Gasteiger charge is 2.09. The predicted molar refractivity (Wildman–Crippen MR) is 77.9 cm³/mol. The van der Waals surface area contributed by atoms with Gasteiger partial charge in [-0.05, 0) is 24.3 Å². The monoisotopic (exact) mass is 310 g/mol. The minimum atomic E-state index is -0.501. The average Bonchev–Trinajstić information content (AvgIpc) is 2.40. The van der Waals surface area contributed by atoms with E-state index in [1.807, 2.05) is 0 Å². The quantitative estimate of drug-likeness (QED) is 0.678. The molecule has 0 saturated heterocycles. The lowest BCUT2D eigenvalue weighted by atomic mass is 10.2. The highest BCUT2D eigenvalue weighted by molar-refractivity contribution is 6.36. The van der Waals surface area contributed by atoms with Gasteiger partial charge in [0.25, 0.3) is 5.91 Å². The summed E-state index contributed by atoms with van der Waals surface area (Å²) >= 11 is 11.6. The first kappa shape index (κ1) is 14.5. The van der Waals surface area contributed by atoms with Crippen LogP contribution in [0.15, 0.2) is 47.6 Å². The van der Waals surface area contributed by atoms with Crippen molar-refractivity contribution in [2.45, 2.75) is 0 Å². The molecule has 0 aliphatic rings. The number of nitrogens with one attached hydrogen (secondary N) is 1. The van der Waals surface area contributed by atoms with Gasteiger partial charge in [-0.3, -0.25) is 4.79 Å². The first-order chi connectivity index (χ1) is 9.58. The minimum Gasteiger partial charge on any atom is -0.267 e. The Hall–Kier alpha value is -1.91. The smallest absolute Gasteiger partial charge is 0.267 e. The van der Waals surface area contributed by atoms with Crippen molar-refractivity contribution in [2.24, 2.45) is 5.10 Å². The van der Waals surface area contributed by atoms with Crippen molar-refractivity contribution in [3.63, 3.8) is 0 Å². The second-order valence-electron chi connectivity index (χ2n) is 3.84. The Bertz CT molecular complexity index is 674. The molecule has 0 aliphatic heterocycles. The molecule has 1 N–H and O–H groups in total. The molecule has 0 saturated carbocycles. The Morgan fingerprint density at radius 1 is 1.20 bits per heavy atom. The topological polar surface area (TPSA) is 41.5 Å². The molecule has 0 fully saturated rings. The fourth-order valence-electron chi connectivity index (χ4n) is 1.47. The Morgan fingerprint density at radius 2 is 1.95 bits per heavy atom. The lowest BCUT2D eigenvalue weighted by Crippen LogP contribution is -2.18. The molecule has 2 rings (SSSR count). The summed E-state index contributed by atoms with van der Waals surface area (Å²) in [5.74, 6) is -0.922. The normalized spacial score (nSPS) is 10.8. The van der Waals surface area contributed by atoms with Gasteiger partial charge in [-0.15, -0.1) is 0 Å². The maximum Gasteiger partial charge on any atom is 0.272 e. The number of amides is 1. The number of nitrogens with zero attached hydrogens (tertiary/aromatic N) is 1. The summed E-state index contributed by atoms with van der Waals surface area (Å²) in [4.78, 5) is 11.8. The van der Waals surface area contributed by atoms with E-state index in [-0.39, 0.29) is 16.1 Å². The lowest BCUT2D eigenvalue weighted by molar-refractivity contribution is 0.0955. The molecule has 2 aromatic rings. The van der Waals surface area contributed by atoms with Crippen molar-refractivity contribution in [3.05, 3.63) is 69.5 Å². The summed E-state index contributed by atoms with van der Waals surface area (Å²) in [6.45, 7) is 0. The third kappa shape index (κ3) is 3.56. The third-order valence-electron chi connectivity index (χ3n) is 2.45. The van der Waals surface area contributed by atoms with E-state index in [0.717, 1.165) is 0 Å². The number of hydrogen-bond donors (Lipinski definition) is 1. The van der Waals surface area contributed by atoms with Crippen molar-refractivity contribution in [1.29, 1.82) is 0 Å². The van der Waals surface area contributed by atoms with Crippen molar-refractivity contribution in [3.8, 4) is 0 Å². The van der Waals surface area contributed by atoms with Crippen molar-refractivity contribution >= 4 is 35.3 Å². The van der Waals surface area contributed by atoms with E-state index in [1.54, 1.807) is 24.3 Å². The molecule has 102 valence electrons. The summed E-state index contributed by atoms with van der Waals surface area (Å²) < 4.78 is 13.3. The molecule has 0 bridgehead atoms. The zero-order valence-corrected chi connectivity index (χ0v) is 11.6. The first-order valence-corrected chi connectivity index (χ1v) is 6.36.